The van der Waals surface area contributed by atoms with Gasteiger partial charge in [-0.15, -0.1) is 0 Å². The number of piperazine rings is 1. The number of aryl methyl sites for hydroxylation is 1. The minimum atomic E-state index is -1.02. The second-order valence-electron chi connectivity index (χ2n) is 15.4. The van der Waals surface area contributed by atoms with Gasteiger partial charge in [0, 0.05) is 89.3 Å². The van der Waals surface area contributed by atoms with Crippen LogP contribution in [-0.4, -0.2) is 136 Å². The summed E-state index contributed by atoms with van der Waals surface area (Å²) in [6.45, 7) is 12.7. The van der Waals surface area contributed by atoms with E-state index in [9.17, 15) is 19.2 Å². The van der Waals surface area contributed by atoms with Crippen molar-refractivity contribution in [1.82, 2.24) is 29.5 Å². The Bertz CT molecular complexity index is 1610. The number of likely N-dealkylation sites (tertiary alicyclic amines) is 2. The number of aromatic nitrogens is 1. The van der Waals surface area contributed by atoms with Crippen molar-refractivity contribution in [2.24, 2.45) is 0 Å². The molecule has 3 saturated heterocycles. The molecule has 6 rings (SSSR count). The summed E-state index contributed by atoms with van der Waals surface area (Å²) in [7, 11) is 0. The molecule has 14 heteroatoms. The van der Waals surface area contributed by atoms with Crippen LogP contribution in [0.3, 0.4) is 0 Å². The fourth-order valence-electron chi connectivity index (χ4n) is 7.69. The van der Waals surface area contributed by atoms with Gasteiger partial charge in [0.25, 0.3) is 5.91 Å². The molecule has 14 nitrogen and oxygen atoms in total. The molecule has 5 amide bonds. The van der Waals surface area contributed by atoms with Gasteiger partial charge in [-0.05, 0) is 82.6 Å². The molecular formula is C38H54N8O6. The molecule has 0 saturated carbocycles. The summed E-state index contributed by atoms with van der Waals surface area (Å²) in [4.78, 5) is 67.1. The van der Waals surface area contributed by atoms with Crippen molar-refractivity contribution in [2.45, 2.75) is 90.0 Å². The van der Waals surface area contributed by atoms with Gasteiger partial charge in [0.05, 0.1) is 0 Å². The Labute approximate surface area is 306 Å². The number of amides is 5. The van der Waals surface area contributed by atoms with Crippen LogP contribution in [0.2, 0.25) is 0 Å². The monoisotopic (exact) mass is 718 g/mol. The van der Waals surface area contributed by atoms with E-state index in [-0.39, 0.29) is 30.5 Å². The Kier molecular flexibility index (Phi) is 11.4. The first-order valence-electron chi connectivity index (χ1n) is 18.7. The molecule has 1 aromatic carbocycles. The van der Waals surface area contributed by atoms with Crippen LogP contribution in [0.1, 0.15) is 63.1 Å². The van der Waals surface area contributed by atoms with E-state index in [1.807, 2.05) is 62.9 Å². The fourth-order valence-corrected chi connectivity index (χ4v) is 7.69. The quantitative estimate of drug-likeness (QED) is 0.449. The lowest BCUT2D eigenvalue weighted by molar-refractivity contribution is -0.143. The maximum atomic E-state index is 14.1. The smallest absolute Gasteiger partial charge is 0.410 e. The standard InChI is InChI=1S/C38H54N8O6/c1-26-23-27(25-40-33(26)39)24-32(34(47)43-21-19-42(20-22-43)29-10-14-45(15-11-29)37(50)52-38(2,3)4)51-36(49)44-16-12-30(13-17-44)46-18-9-28-7-5-6-8-31(28)41-35(46)48/h5-8,23,25,29-30,32H,9-22,24H2,1-4H3,(H2,39,40)(H,41,48)/t32-/m1/s1. The van der Waals surface area contributed by atoms with E-state index in [0.717, 1.165) is 41.6 Å². The number of anilines is 2. The molecule has 1 atom stereocenters. The highest BCUT2D eigenvalue weighted by Crippen LogP contribution is 2.26. The van der Waals surface area contributed by atoms with Crippen LogP contribution in [0.15, 0.2) is 36.5 Å². The first-order chi connectivity index (χ1) is 24.8. The maximum absolute atomic E-state index is 14.1. The molecule has 4 aliphatic heterocycles. The number of nitrogen functional groups attached to an aromatic ring is 1. The van der Waals surface area contributed by atoms with Crippen molar-refractivity contribution in [3.63, 3.8) is 0 Å². The number of rotatable bonds is 6. The van der Waals surface area contributed by atoms with Crippen LogP contribution in [-0.2, 0) is 27.1 Å². The number of benzene rings is 1. The van der Waals surface area contributed by atoms with Crippen LogP contribution in [0.4, 0.5) is 25.9 Å². The molecule has 4 aliphatic rings. The number of pyridine rings is 1. The Hall–Kier alpha value is -4.59. The number of hydrogen-bond acceptors (Lipinski definition) is 9. The van der Waals surface area contributed by atoms with E-state index in [0.29, 0.717) is 83.6 Å². The number of carbonyl (C=O) groups is 4. The second-order valence-corrected chi connectivity index (χ2v) is 15.4. The zero-order valence-corrected chi connectivity index (χ0v) is 31.0. The molecule has 52 heavy (non-hydrogen) atoms. The van der Waals surface area contributed by atoms with Crippen LogP contribution < -0.4 is 11.1 Å². The van der Waals surface area contributed by atoms with Gasteiger partial charge in [-0.2, -0.15) is 0 Å². The number of fused-ring (bicyclic) bond motifs is 1. The number of ether oxygens (including phenoxy) is 2. The highest BCUT2D eigenvalue weighted by atomic mass is 16.6. The first-order valence-corrected chi connectivity index (χ1v) is 18.7. The van der Waals surface area contributed by atoms with Crippen LogP contribution in [0.25, 0.3) is 0 Å². The molecule has 3 N–H and O–H groups in total. The van der Waals surface area contributed by atoms with Crippen molar-refractivity contribution in [3.8, 4) is 0 Å². The molecule has 2 aromatic rings. The minimum Gasteiger partial charge on any atom is -0.444 e. The highest BCUT2D eigenvalue weighted by Gasteiger charge is 2.37. The molecule has 1 aromatic heterocycles. The van der Waals surface area contributed by atoms with Gasteiger partial charge in [-0.25, -0.2) is 19.4 Å². The average molecular weight is 719 g/mol. The maximum Gasteiger partial charge on any atom is 0.410 e. The predicted molar refractivity (Wildman–Crippen MR) is 197 cm³/mol. The summed E-state index contributed by atoms with van der Waals surface area (Å²) in [5, 5.41) is 3.04. The van der Waals surface area contributed by atoms with E-state index >= 15 is 0 Å². The number of nitrogens with one attached hydrogen (secondary N) is 1. The van der Waals surface area contributed by atoms with Crippen LogP contribution in [0.5, 0.6) is 0 Å². The van der Waals surface area contributed by atoms with Crippen molar-refractivity contribution < 1.29 is 28.7 Å². The third kappa shape index (κ3) is 9.06. The number of para-hydroxylation sites is 1. The largest absolute Gasteiger partial charge is 0.444 e. The lowest BCUT2D eigenvalue weighted by atomic mass is 10.0. The van der Waals surface area contributed by atoms with Crippen LogP contribution in [0, 0.1) is 6.92 Å². The fraction of sp³-hybridized carbons (Fsp3) is 0.605. The Morgan fingerprint density at radius 3 is 2.17 bits per heavy atom. The Balaban J connectivity index is 1.03. The zero-order chi connectivity index (χ0) is 37.0. The molecule has 5 heterocycles. The first kappa shape index (κ1) is 37.2. The molecule has 282 valence electrons. The SMILES string of the molecule is Cc1cc(C[C@@H](OC(=O)N2CCC(N3CCc4ccccc4NC3=O)CC2)C(=O)N2CCN(C3CCN(C(=O)OC(C)(C)C)CC3)CC2)cnc1N. The van der Waals surface area contributed by atoms with Gasteiger partial charge < -0.3 is 40.1 Å². The lowest BCUT2D eigenvalue weighted by Gasteiger charge is -2.43. The number of urea groups is 1. The third-order valence-corrected chi connectivity index (χ3v) is 10.7. The third-order valence-electron chi connectivity index (χ3n) is 10.7. The molecule has 0 spiro atoms. The van der Waals surface area contributed by atoms with E-state index in [1.165, 1.54) is 0 Å². The second kappa shape index (κ2) is 16.0. The summed E-state index contributed by atoms with van der Waals surface area (Å²) in [5.41, 5.74) is 8.96. The number of hydrogen-bond donors (Lipinski definition) is 2. The Morgan fingerprint density at radius 2 is 1.52 bits per heavy atom. The van der Waals surface area contributed by atoms with Crippen molar-refractivity contribution in [2.75, 3.05) is 70.0 Å². The molecule has 0 unspecified atom stereocenters. The average Bonchev–Trinajstić information content (AvgIpc) is 3.30. The normalized spacial score (nSPS) is 20.1. The molecule has 0 radical (unpaired) electrons. The summed E-state index contributed by atoms with van der Waals surface area (Å²) in [6.07, 6.45) is 3.72. The highest BCUT2D eigenvalue weighted by molar-refractivity contribution is 5.91. The molecular weight excluding hydrogens is 664 g/mol. The lowest BCUT2D eigenvalue weighted by Crippen LogP contribution is -2.57. The summed E-state index contributed by atoms with van der Waals surface area (Å²) in [6, 6.07) is 9.96. The van der Waals surface area contributed by atoms with Gasteiger partial charge in [0.2, 0.25) is 0 Å². The van der Waals surface area contributed by atoms with E-state index in [4.69, 9.17) is 15.2 Å². The summed E-state index contributed by atoms with van der Waals surface area (Å²) < 4.78 is 11.6. The number of carbonyl (C=O) groups excluding carboxylic acids is 4. The van der Waals surface area contributed by atoms with Gasteiger partial charge in [-0.3, -0.25) is 9.69 Å². The molecule has 3 fully saturated rings. The van der Waals surface area contributed by atoms with Crippen LogP contribution >= 0.6 is 0 Å². The van der Waals surface area contributed by atoms with Crippen molar-refractivity contribution >= 4 is 35.6 Å². The van der Waals surface area contributed by atoms with Gasteiger partial charge in [0.1, 0.15) is 11.4 Å². The van der Waals surface area contributed by atoms with Gasteiger partial charge >= 0.3 is 18.2 Å². The van der Waals surface area contributed by atoms with Crippen molar-refractivity contribution in [1.29, 1.82) is 0 Å². The van der Waals surface area contributed by atoms with Gasteiger partial charge in [-0.1, -0.05) is 24.3 Å². The molecule has 0 bridgehead atoms. The summed E-state index contributed by atoms with van der Waals surface area (Å²) in [5.74, 6) is 0.194. The predicted octanol–water partition coefficient (Wildman–Crippen LogP) is 4.12. The number of nitrogens with zero attached hydrogens (tertiary/aromatic N) is 6. The summed E-state index contributed by atoms with van der Waals surface area (Å²) >= 11 is 0. The van der Waals surface area contributed by atoms with E-state index < -0.39 is 17.8 Å². The topological polar surface area (TPSA) is 154 Å². The minimum absolute atomic E-state index is 0.000427. The van der Waals surface area contributed by atoms with E-state index in [1.54, 1.807) is 20.9 Å². The van der Waals surface area contributed by atoms with Gasteiger partial charge in [0.15, 0.2) is 6.10 Å². The van der Waals surface area contributed by atoms with Crippen molar-refractivity contribution in [3.05, 3.63) is 53.2 Å². The number of nitrogens with two attached hydrogens (primary N) is 1. The van der Waals surface area contributed by atoms with E-state index in [2.05, 4.69) is 15.2 Å². The Morgan fingerprint density at radius 1 is 0.885 bits per heavy atom. The number of piperidine rings is 2. The molecule has 0 aliphatic carbocycles. The zero-order valence-electron chi connectivity index (χ0n) is 31.0.